The molecule has 1 aromatic rings. The third kappa shape index (κ3) is 1.88. The maximum Gasteiger partial charge on any atom is 0.141 e. The quantitative estimate of drug-likeness (QED) is 0.899. The summed E-state index contributed by atoms with van der Waals surface area (Å²) in [5, 5.41) is 0. The van der Waals surface area contributed by atoms with E-state index in [9.17, 15) is 4.39 Å². The van der Waals surface area contributed by atoms with Gasteiger partial charge in [-0.3, -0.25) is 0 Å². The number of hydrogen-bond acceptors (Lipinski definition) is 2. The molecule has 0 fully saturated rings. The van der Waals surface area contributed by atoms with Gasteiger partial charge in [-0.1, -0.05) is 13.3 Å². The van der Waals surface area contributed by atoms with Crippen LogP contribution in [0.5, 0.6) is 5.75 Å². The van der Waals surface area contributed by atoms with Gasteiger partial charge in [0, 0.05) is 11.6 Å². The molecular formula is C11H13BrFNO. The molecule has 2 unspecified atom stereocenters. The second kappa shape index (κ2) is 4.10. The van der Waals surface area contributed by atoms with E-state index < -0.39 is 0 Å². The molecule has 2 atom stereocenters. The highest BCUT2D eigenvalue weighted by Gasteiger charge is 2.31. The Bertz CT molecular complexity index is 383. The van der Waals surface area contributed by atoms with E-state index in [0.717, 1.165) is 18.4 Å². The molecule has 1 aliphatic heterocycles. The molecule has 0 bridgehead atoms. The molecule has 0 radical (unpaired) electrons. The average molecular weight is 274 g/mol. The summed E-state index contributed by atoms with van der Waals surface area (Å²) in [7, 11) is 0. The highest BCUT2D eigenvalue weighted by molar-refractivity contribution is 9.10. The van der Waals surface area contributed by atoms with Gasteiger partial charge in [0.05, 0.1) is 10.5 Å². The SMILES string of the molecule is CCCC1Oc2cc(F)c(Br)cc2C1N. The van der Waals surface area contributed by atoms with Crippen molar-refractivity contribution >= 4 is 15.9 Å². The predicted molar refractivity (Wildman–Crippen MR) is 60.4 cm³/mol. The Morgan fingerprint density at radius 2 is 2.27 bits per heavy atom. The van der Waals surface area contributed by atoms with E-state index in [2.05, 4.69) is 22.9 Å². The molecule has 1 heterocycles. The van der Waals surface area contributed by atoms with Gasteiger partial charge in [0.1, 0.15) is 17.7 Å². The fourth-order valence-electron chi connectivity index (χ4n) is 1.87. The van der Waals surface area contributed by atoms with Gasteiger partial charge in [-0.25, -0.2) is 4.39 Å². The fraction of sp³-hybridized carbons (Fsp3) is 0.455. The van der Waals surface area contributed by atoms with Crippen molar-refractivity contribution in [1.82, 2.24) is 0 Å². The van der Waals surface area contributed by atoms with Crippen molar-refractivity contribution in [2.45, 2.75) is 31.9 Å². The minimum Gasteiger partial charge on any atom is -0.488 e. The number of rotatable bonds is 2. The lowest BCUT2D eigenvalue weighted by Crippen LogP contribution is -2.24. The Morgan fingerprint density at radius 1 is 1.53 bits per heavy atom. The standard InChI is InChI=1S/C11H13BrFNO/c1-2-3-9-11(14)6-4-7(12)8(13)5-10(6)15-9/h4-5,9,11H,2-3,14H2,1H3. The summed E-state index contributed by atoms with van der Waals surface area (Å²) in [6.45, 7) is 2.08. The summed E-state index contributed by atoms with van der Waals surface area (Å²) in [6.07, 6.45) is 1.89. The van der Waals surface area contributed by atoms with Crippen LogP contribution in [0.1, 0.15) is 31.4 Å². The lowest BCUT2D eigenvalue weighted by Gasteiger charge is -2.13. The zero-order valence-electron chi connectivity index (χ0n) is 8.47. The predicted octanol–water partition coefficient (Wildman–Crippen LogP) is 3.15. The smallest absolute Gasteiger partial charge is 0.141 e. The number of benzene rings is 1. The molecule has 0 spiro atoms. The van der Waals surface area contributed by atoms with Crippen LogP contribution in [0.25, 0.3) is 0 Å². The van der Waals surface area contributed by atoms with Crippen LogP contribution in [0.2, 0.25) is 0 Å². The zero-order valence-corrected chi connectivity index (χ0v) is 10.1. The Balaban J connectivity index is 2.33. The molecule has 0 amide bonds. The summed E-state index contributed by atoms with van der Waals surface area (Å²) < 4.78 is 19.3. The molecular weight excluding hydrogens is 261 g/mol. The molecule has 82 valence electrons. The molecule has 15 heavy (non-hydrogen) atoms. The Labute approximate surface area is 96.7 Å². The first-order chi connectivity index (χ1) is 7.13. The largest absolute Gasteiger partial charge is 0.488 e. The van der Waals surface area contributed by atoms with Gasteiger partial charge in [0.15, 0.2) is 0 Å². The van der Waals surface area contributed by atoms with Crippen LogP contribution in [0.3, 0.4) is 0 Å². The van der Waals surface area contributed by atoms with Crippen LogP contribution in [0.4, 0.5) is 4.39 Å². The first-order valence-electron chi connectivity index (χ1n) is 5.04. The molecule has 2 N–H and O–H groups in total. The van der Waals surface area contributed by atoms with Crippen molar-refractivity contribution in [2.75, 3.05) is 0 Å². The second-order valence-electron chi connectivity index (χ2n) is 3.77. The average Bonchev–Trinajstić information content (AvgIpc) is 2.47. The topological polar surface area (TPSA) is 35.2 Å². The van der Waals surface area contributed by atoms with Crippen molar-refractivity contribution in [2.24, 2.45) is 5.73 Å². The molecule has 0 saturated heterocycles. The van der Waals surface area contributed by atoms with Gasteiger partial charge in [-0.05, 0) is 28.4 Å². The summed E-state index contributed by atoms with van der Waals surface area (Å²) in [5.74, 6) is 0.278. The molecule has 0 aromatic heterocycles. The van der Waals surface area contributed by atoms with E-state index in [4.69, 9.17) is 10.5 Å². The monoisotopic (exact) mass is 273 g/mol. The number of ether oxygens (including phenoxy) is 1. The molecule has 0 aliphatic carbocycles. The van der Waals surface area contributed by atoms with E-state index in [1.807, 2.05) is 0 Å². The minimum absolute atomic E-state index is 0.0151. The minimum atomic E-state index is -0.307. The summed E-state index contributed by atoms with van der Waals surface area (Å²) in [4.78, 5) is 0. The first-order valence-corrected chi connectivity index (χ1v) is 5.84. The lowest BCUT2D eigenvalue weighted by atomic mass is 10.0. The van der Waals surface area contributed by atoms with Gasteiger partial charge in [0.2, 0.25) is 0 Å². The highest BCUT2D eigenvalue weighted by Crippen LogP contribution is 2.39. The van der Waals surface area contributed by atoms with Crippen molar-refractivity contribution in [3.8, 4) is 5.75 Å². The van der Waals surface area contributed by atoms with Gasteiger partial charge in [-0.15, -0.1) is 0 Å². The Hall–Kier alpha value is -0.610. The maximum absolute atomic E-state index is 13.2. The third-order valence-electron chi connectivity index (χ3n) is 2.66. The van der Waals surface area contributed by atoms with Crippen LogP contribution in [-0.2, 0) is 0 Å². The molecule has 4 heteroatoms. The highest BCUT2D eigenvalue weighted by atomic mass is 79.9. The van der Waals surface area contributed by atoms with Crippen LogP contribution >= 0.6 is 15.9 Å². The maximum atomic E-state index is 13.2. The van der Waals surface area contributed by atoms with Crippen LogP contribution in [0.15, 0.2) is 16.6 Å². The van der Waals surface area contributed by atoms with Gasteiger partial charge in [0.25, 0.3) is 0 Å². The third-order valence-corrected chi connectivity index (χ3v) is 3.27. The first kappa shape index (κ1) is 10.9. The zero-order chi connectivity index (χ0) is 11.0. The number of halogens is 2. The summed E-state index contributed by atoms with van der Waals surface area (Å²) in [5.41, 5.74) is 6.92. The Kier molecular flexibility index (Phi) is 2.98. The fourth-order valence-corrected chi connectivity index (χ4v) is 2.23. The van der Waals surface area contributed by atoms with E-state index in [-0.39, 0.29) is 18.0 Å². The van der Waals surface area contributed by atoms with Gasteiger partial charge < -0.3 is 10.5 Å². The van der Waals surface area contributed by atoms with E-state index in [0.29, 0.717) is 10.2 Å². The lowest BCUT2D eigenvalue weighted by molar-refractivity contribution is 0.194. The van der Waals surface area contributed by atoms with Crippen molar-refractivity contribution < 1.29 is 9.13 Å². The summed E-state index contributed by atoms with van der Waals surface area (Å²) in [6, 6.07) is 2.97. The van der Waals surface area contributed by atoms with Gasteiger partial charge >= 0.3 is 0 Å². The molecule has 2 nitrogen and oxygen atoms in total. The van der Waals surface area contributed by atoms with Crippen molar-refractivity contribution in [1.29, 1.82) is 0 Å². The number of nitrogens with two attached hydrogens (primary N) is 1. The molecule has 1 aromatic carbocycles. The second-order valence-corrected chi connectivity index (χ2v) is 4.63. The van der Waals surface area contributed by atoms with Crippen LogP contribution < -0.4 is 10.5 Å². The van der Waals surface area contributed by atoms with E-state index in [1.165, 1.54) is 6.07 Å². The van der Waals surface area contributed by atoms with E-state index in [1.54, 1.807) is 6.07 Å². The van der Waals surface area contributed by atoms with Crippen molar-refractivity contribution in [3.63, 3.8) is 0 Å². The normalized spacial score (nSPS) is 23.7. The molecule has 2 rings (SSSR count). The summed E-state index contributed by atoms with van der Waals surface area (Å²) >= 11 is 3.15. The van der Waals surface area contributed by atoms with Crippen LogP contribution in [-0.4, -0.2) is 6.10 Å². The van der Waals surface area contributed by atoms with Crippen LogP contribution in [0, 0.1) is 5.82 Å². The number of hydrogen-bond donors (Lipinski definition) is 1. The van der Waals surface area contributed by atoms with Crippen molar-refractivity contribution in [3.05, 3.63) is 28.0 Å². The Morgan fingerprint density at radius 3 is 2.93 bits per heavy atom. The molecule has 0 saturated carbocycles. The van der Waals surface area contributed by atoms with E-state index >= 15 is 0 Å². The molecule has 1 aliphatic rings. The van der Waals surface area contributed by atoms with Gasteiger partial charge in [-0.2, -0.15) is 0 Å². The number of fused-ring (bicyclic) bond motifs is 1.